The first-order chi connectivity index (χ1) is 9.04. The Morgan fingerprint density at radius 1 is 1.37 bits per heavy atom. The first-order valence-electron chi connectivity index (χ1n) is 5.46. The molecule has 7 heteroatoms. The van der Waals surface area contributed by atoms with E-state index in [1.54, 1.807) is 12.1 Å². The Labute approximate surface area is 109 Å². The van der Waals surface area contributed by atoms with Gasteiger partial charge in [0.25, 0.3) is 5.91 Å². The second-order valence-electron chi connectivity index (χ2n) is 3.67. The second-order valence-corrected chi connectivity index (χ2v) is 3.67. The predicted octanol–water partition coefficient (Wildman–Crippen LogP) is -0.0132. The number of phenolic OH excluding ortho intramolecular Hbond substituents is 1. The van der Waals surface area contributed by atoms with E-state index in [1.165, 1.54) is 19.2 Å². The third-order valence-corrected chi connectivity index (χ3v) is 2.19. The fourth-order valence-electron chi connectivity index (χ4n) is 1.30. The molecule has 0 aliphatic carbocycles. The van der Waals surface area contributed by atoms with E-state index in [-0.39, 0.29) is 18.1 Å². The van der Waals surface area contributed by atoms with E-state index in [9.17, 15) is 14.7 Å². The van der Waals surface area contributed by atoms with E-state index in [2.05, 4.69) is 10.1 Å². The summed E-state index contributed by atoms with van der Waals surface area (Å²) in [4.78, 5) is 22.3. The molecule has 3 N–H and O–H groups in total. The van der Waals surface area contributed by atoms with E-state index >= 15 is 0 Å². The number of rotatable bonds is 7. The zero-order valence-corrected chi connectivity index (χ0v) is 10.3. The molecule has 1 rings (SSSR count). The van der Waals surface area contributed by atoms with E-state index in [1.807, 2.05) is 0 Å². The summed E-state index contributed by atoms with van der Waals surface area (Å²) < 4.78 is 9.73. The molecule has 0 saturated carbocycles. The molecule has 1 atom stereocenters. The summed E-state index contributed by atoms with van der Waals surface area (Å²) in [5.74, 6) is -1.76. The Morgan fingerprint density at radius 2 is 2.05 bits per heavy atom. The van der Waals surface area contributed by atoms with E-state index in [0.717, 1.165) is 0 Å². The predicted molar refractivity (Wildman–Crippen MR) is 65.0 cm³/mol. The number of hydrogen-bond acceptors (Lipinski definition) is 5. The molecule has 0 heterocycles. The summed E-state index contributed by atoms with van der Waals surface area (Å²) in [6, 6.07) is 5.02. The normalized spacial score (nSPS) is 11.6. The number of carboxylic acids is 1. The van der Waals surface area contributed by atoms with Gasteiger partial charge in [-0.3, -0.25) is 4.79 Å². The number of aliphatic carboxylic acids is 1. The van der Waals surface area contributed by atoms with Gasteiger partial charge in [0, 0.05) is 7.11 Å². The van der Waals surface area contributed by atoms with Crippen molar-refractivity contribution in [2.75, 3.05) is 20.3 Å². The highest BCUT2D eigenvalue weighted by atomic mass is 16.5. The minimum absolute atomic E-state index is 0.0954. The second kappa shape index (κ2) is 7.22. The largest absolute Gasteiger partial charge is 0.504 e. The van der Waals surface area contributed by atoms with Crippen LogP contribution in [0.25, 0.3) is 0 Å². The standard InChI is InChI=1S/C12H15NO6/c1-18-6-8(12(16)17)13-11(15)7-19-10-5-3-2-4-9(10)14/h2-5,8,14H,6-7H2,1H3,(H,13,15)(H,16,17). The number of amides is 1. The van der Waals surface area contributed by atoms with Crippen molar-refractivity contribution in [2.45, 2.75) is 6.04 Å². The Morgan fingerprint density at radius 3 is 2.63 bits per heavy atom. The number of methoxy groups -OCH3 is 1. The fraction of sp³-hybridized carbons (Fsp3) is 0.333. The zero-order valence-electron chi connectivity index (χ0n) is 10.3. The van der Waals surface area contributed by atoms with Crippen molar-refractivity contribution in [1.82, 2.24) is 5.32 Å². The highest BCUT2D eigenvalue weighted by molar-refractivity contribution is 5.84. The lowest BCUT2D eigenvalue weighted by Gasteiger charge is -2.14. The van der Waals surface area contributed by atoms with E-state index in [4.69, 9.17) is 9.84 Å². The Hall–Kier alpha value is -2.28. The van der Waals surface area contributed by atoms with Crippen molar-refractivity contribution >= 4 is 11.9 Å². The molecule has 1 aromatic carbocycles. The summed E-state index contributed by atoms with van der Waals surface area (Å²) >= 11 is 0. The molecular weight excluding hydrogens is 254 g/mol. The molecular formula is C12H15NO6. The SMILES string of the molecule is COCC(NC(=O)COc1ccccc1O)C(=O)O. The van der Waals surface area contributed by atoms with Crippen LogP contribution in [0.15, 0.2) is 24.3 Å². The van der Waals surface area contributed by atoms with Gasteiger partial charge in [-0.25, -0.2) is 4.79 Å². The number of aromatic hydroxyl groups is 1. The van der Waals surface area contributed by atoms with Crippen LogP contribution in [-0.2, 0) is 14.3 Å². The number of carbonyl (C=O) groups excluding carboxylic acids is 1. The maximum absolute atomic E-state index is 11.5. The number of para-hydroxylation sites is 2. The van der Waals surface area contributed by atoms with Crippen molar-refractivity contribution in [1.29, 1.82) is 0 Å². The minimum Gasteiger partial charge on any atom is -0.504 e. The highest BCUT2D eigenvalue weighted by Gasteiger charge is 2.19. The van der Waals surface area contributed by atoms with Crippen LogP contribution in [0, 0.1) is 0 Å². The Bertz CT molecular complexity index is 448. The summed E-state index contributed by atoms with van der Waals surface area (Å²) in [5.41, 5.74) is 0. The average Bonchev–Trinajstić information content (AvgIpc) is 2.37. The lowest BCUT2D eigenvalue weighted by Crippen LogP contribution is -2.45. The van der Waals surface area contributed by atoms with Crippen LogP contribution in [-0.4, -0.2) is 48.5 Å². The molecule has 0 aliphatic rings. The van der Waals surface area contributed by atoms with Gasteiger partial charge in [0.2, 0.25) is 0 Å². The lowest BCUT2D eigenvalue weighted by atomic mass is 10.3. The van der Waals surface area contributed by atoms with Crippen LogP contribution in [0.4, 0.5) is 0 Å². The molecule has 104 valence electrons. The number of ether oxygens (including phenoxy) is 2. The van der Waals surface area contributed by atoms with Crippen molar-refractivity contribution in [3.05, 3.63) is 24.3 Å². The molecule has 0 spiro atoms. The van der Waals surface area contributed by atoms with Crippen molar-refractivity contribution in [2.24, 2.45) is 0 Å². The first kappa shape index (κ1) is 14.8. The molecule has 1 aromatic rings. The van der Waals surface area contributed by atoms with Gasteiger partial charge in [-0.15, -0.1) is 0 Å². The van der Waals surface area contributed by atoms with Gasteiger partial charge in [-0.05, 0) is 12.1 Å². The van der Waals surface area contributed by atoms with Crippen molar-refractivity contribution in [3.63, 3.8) is 0 Å². The average molecular weight is 269 g/mol. The summed E-state index contributed by atoms with van der Waals surface area (Å²) in [7, 11) is 1.33. The van der Waals surface area contributed by atoms with Crippen LogP contribution in [0.1, 0.15) is 0 Å². The topological polar surface area (TPSA) is 105 Å². The van der Waals surface area contributed by atoms with Gasteiger partial charge < -0.3 is 25.0 Å². The molecule has 0 radical (unpaired) electrons. The molecule has 0 fully saturated rings. The lowest BCUT2D eigenvalue weighted by molar-refractivity contribution is -0.143. The van der Waals surface area contributed by atoms with Crippen LogP contribution in [0.3, 0.4) is 0 Å². The van der Waals surface area contributed by atoms with Gasteiger partial charge in [0.1, 0.15) is 0 Å². The van der Waals surface area contributed by atoms with E-state index < -0.39 is 24.5 Å². The van der Waals surface area contributed by atoms with Crippen molar-refractivity contribution in [3.8, 4) is 11.5 Å². The maximum Gasteiger partial charge on any atom is 0.328 e. The smallest absolute Gasteiger partial charge is 0.328 e. The summed E-state index contributed by atoms with van der Waals surface area (Å²) in [6.45, 7) is -0.539. The van der Waals surface area contributed by atoms with Gasteiger partial charge >= 0.3 is 5.97 Å². The third kappa shape index (κ3) is 4.84. The molecule has 7 nitrogen and oxygen atoms in total. The maximum atomic E-state index is 11.5. The molecule has 0 saturated heterocycles. The van der Waals surface area contributed by atoms with Crippen LogP contribution < -0.4 is 10.1 Å². The van der Waals surface area contributed by atoms with E-state index in [0.29, 0.717) is 0 Å². The first-order valence-corrected chi connectivity index (χ1v) is 5.46. The van der Waals surface area contributed by atoms with Crippen LogP contribution in [0.2, 0.25) is 0 Å². The zero-order chi connectivity index (χ0) is 14.3. The monoisotopic (exact) mass is 269 g/mol. The van der Waals surface area contributed by atoms with Crippen LogP contribution >= 0.6 is 0 Å². The number of benzene rings is 1. The Balaban J connectivity index is 2.47. The van der Waals surface area contributed by atoms with Crippen molar-refractivity contribution < 1.29 is 29.3 Å². The minimum atomic E-state index is -1.20. The number of hydrogen-bond donors (Lipinski definition) is 3. The van der Waals surface area contributed by atoms with Gasteiger partial charge in [-0.1, -0.05) is 12.1 Å². The molecule has 1 amide bonds. The molecule has 0 aromatic heterocycles. The summed E-state index contributed by atoms with van der Waals surface area (Å²) in [6.07, 6.45) is 0. The molecule has 1 unspecified atom stereocenters. The van der Waals surface area contributed by atoms with Crippen LogP contribution in [0.5, 0.6) is 11.5 Å². The number of carboxylic acid groups (broad SMARTS) is 1. The highest BCUT2D eigenvalue weighted by Crippen LogP contribution is 2.23. The Kier molecular flexibility index (Phi) is 5.62. The number of nitrogens with one attached hydrogen (secondary N) is 1. The fourth-order valence-corrected chi connectivity index (χ4v) is 1.30. The molecule has 0 bridgehead atoms. The molecule has 0 aliphatic heterocycles. The number of carbonyl (C=O) groups is 2. The molecule has 19 heavy (non-hydrogen) atoms. The summed E-state index contributed by atoms with van der Waals surface area (Å²) in [5, 5.41) is 20.5. The quantitative estimate of drug-likeness (QED) is 0.643. The van der Waals surface area contributed by atoms with Gasteiger partial charge in [-0.2, -0.15) is 0 Å². The number of phenols is 1. The third-order valence-electron chi connectivity index (χ3n) is 2.19. The van der Waals surface area contributed by atoms with Gasteiger partial charge in [0.05, 0.1) is 6.61 Å². The van der Waals surface area contributed by atoms with Gasteiger partial charge in [0.15, 0.2) is 24.1 Å².